The molecule has 19 heavy (non-hydrogen) atoms. The van der Waals surface area contributed by atoms with Crippen molar-refractivity contribution < 1.29 is 18.8 Å². The number of aliphatic hydroxyl groups is 1. The molecule has 1 aromatic rings. The van der Waals surface area contributed by atoms with Crippen LogP contribution in [0.25, 0.3) is 0 Å². The van der Waals surface area contributed by atoms with E-state index in [1.54, 1.807) is 0 Å². The molecule has 0 amide bonds. The smallest absolute Gasteiger partial charge is 0.327 e. The Morgan fingerprint density at radius 3 is 2.47 bits per heavy atom. The van der Waals surface area contributed by atoms with Crippen LogP contribution < -0.4 is 5.32 Å². The summed E-state index contributed by atoms with van der Waals surface area (Å²) < 4.78 is 26.6. The van der Waals surface area contributed by atoms with Crippen molar-refractivity contribution in [3.8, 4) is 0 Å². The van der Waals surface area contributed by atoms with E-state index in [2.05, 4.69) is 5.32 Å². The van der Waals surface area contributed by atoms with E-state index in [4.69, 9.17) is 0 Å². The number of nitro benzene ring substituents is 1. The third-order valence-electron chi connectivity index (χ3n) is 3.27. The fourth-order valence-corrected chi connectivity index (χ4v) is 2.30. The largest absolute Gasteiger partial charge is 0.393 e. The SMILES string of the molecule is O=[N+]([O-])c1c(F)cc(F)cc1NC1CCC(O)CC1. The van der Waals surface area contributed by atoms with Gasteiger partial charge in [-0.1, -0.05) is 0 Å². The molecule has 1 saturated carbocycles. The number of aliphatic hydroxyl groups excluding tert-OH is 1. The molecular formula is C12H14F2N2O3. The number of nitrogens with zero attached hydrogens (tertiary/aromatic N) is 1. The topological polar surface area (TPSA) is 75.4 Å². The Hall–Kier alpha value is -1.76. The van der Waals surface area contributed by atoms with Crippen molar-refractivity contribution in [2.24, 2.45) is 0 Å². The van der Waals surface area contributed by atoms with Crippen LogP contribution in [0.2, 0.25) is 0 Å². The number of nitrogens with one attached hydrogen (secondary N) is 1. The van der Waals surface area contributed by atoms with Crippen LogP contribution in [0.5, 0.6) is 0 Å². The summed E-state index contributed by atoms with van der Waals surface area (Å²) in [6.45, 7) is 0. The molecule has 104 valence electrons. The lowest BCUT2D eigenvalue weighted by atomic mass is 9.93. The van der Waals surface area contributed by atoms with Gasteiger partial charge in [-0.05, 0) is 25.7 Å². The number of hydrogen-bond acceptors (Lipinski definition) is 4. The van der Waals surface area contributed by atoms with Crippen LogP contribution in [0.3, 0.4) is 0 Å². The van der Waals surface area contributed by atoms with Crippen LogP contribution >= 0.6 is 0 Å². The van der Waals surface area contributed by atoms with Gasteiger partial charge in [0, 0.05) is 18.2 Å². The maximum absolute atomic E-state index is 13.4. The Kier molecular flexibility index (Phi) is 3.94. The average molecular weight is 272 g/mol. The second kappa shape index (κ2) is 5.48. The summed E-state index contributed by atoms with van der Waals surface area (Å²) in [6, 6.07) is 1.29. The van der Waals surface area contributed by atoms with Crippen LogP contribution in [-0.2, 0) is 0 Å². The fraction of sp³-hybridized carbons (Fsp3) is 0.500. The van der Waals surface area contributed by atoms with Gasteiger partial charge in [-0.25, -0.2) is 4.39 Å². The monoisotopic (exact) mass is 272 g/mol. The molecule has 0 aromatic heterocycles. The molecule has 0 atom stereocenters. The van der Waals surface area contributed by atoms with E-state index in [-0.39, 0.29) is 17.8 Å². The summed E-state index contributed by atoms with van der Waals surface area (Å²) >= 11 is 0. The van der Waals surface area contributed by atoms with Gasteiger partial charge < -0.3 is 10.4 Å². The van der Waals surface area contributed by atoms with Gasteiger partial charge in [0.05, 0.1) is 11.0 Å². The molecule has 0 aliphatic heterocycles. The Balaban J connectivity index is 2.21. The van der Waals surface area contributed by atoms with Crippen LogP contribution in [0.4, 0.5) is 20.2 Å². The second-order valence-electron chi connectivity index (χ2n) is 4.69. The molecular weight excluding hydrogens is 258 g/mol. The molecule has 7 heteroatoms. The molecule has 0 heterocycles. The van der Waals surface area contributed by atoms with Crippen LogP contribution in [0.15, 0.2) is 12.1 Å². The summed E-state index contributed by atoms with van der Waals surface area (Å²) in [5, 5.41) is 23.0. The summed E-state index contributed by atoms with van der Waals surface area (Å²) in [4.78, 5) is 9.94. The van der Waals surface area contributed by atoms with Gasteiger partial charge in [0.15, 0.2) is 0 Å². The van der Waals surface area contributed by atoms with E-state index < -0.39 is 22.2 Å². The molecule has 0 spiro atoms. The highest BCUT2D eigenvalue weighted by Crippen LogP contribution is 2.31. The predicted octanol–water partition coefficient (Wildman–Crippen LogP) is 2.59. The van der Waals surface area contributed by atoms with Crippen LogP contribution in [-0.4, -0.2) is 22.2 Å². The van der Waals surface area contributed by atoms with E-state index in [0.717, 1.165) is 6.07 Å². The lowest BCUT2D eigenvalue weighted by molar-refractivity contribution is -0.386. The first kappa shape index (κ1) is 13.7. The van der Waals surface area contributed by atoms with E-state index in [0.29, 0.717) is 31.7 Å². The Morgan fingerprint density at radius 1 is 1.26 bits per heavy atom. The average Bonchev–Trinajstić information content (AvgIpc) is 2.30. The maximum Gasteiger partial charge on any atom is 0.327 e. The maximum atomic E-state index is 13.4. The molecule has 5 nitrogen and oxygen atoms in total. The highest BCUT2D eigenvalue weighted by molar-refractivity contribution is 5.62. The van der Waals surface area contributed by atoms with Crippen molar-refractivity contribution in [2.75, 3.05) is 5.32 Å². The molecule has 1 fully saturated rings. The molecule has 2 N–H and O–H groups in total. The van der Waals surface area contributed by atoms with Crippen molar-refractivity contribution >= 4 is 11.4 Å². The van der Waals surface area contributed by atoms with Gasteiger partial charge in [-0.3, -0.25) is 10.1 Å². The lowest BCUT2D eigenvalue weighted by Gasteiger charge is -2.26. The summed E-state index contributed by atoms with van der Waals surface area (Å²) in [6.07, 6.45) is 2.00. The van der Waals surface area contributed by atoms with Crippen molar-refractivity contribution in [3.05, 3.63) is 33.9 Å². The number of anilines is 1. The van der Waals surface area contributed by atoms with Gasteiger partial charge in [-0.2, -0.15) is 4.39 Å². The number of hydrogen-bond donors (Lipinski definition) is 2. The normalized spacial score (nSPS) is 23.1. The third-order valence-corrected chi connectivity index (χ3v) is 3.27. The van der Waals surface area contributed by atoms with Crippen molar-refractivity contribution in [3.63, 3.8) is 0 Å². The van der Waals surface area contributed by atoms with E-state index in [9.17, 15) is 24.0 Å². The highest BCUT2D eigenvalue weighted by atomic mass is 19.1. The van der Waals surface area contributed by atoms with Gasteiger partial charge >= 0.3 is 5.69 Å². The van der Waals surface area contributed by atoms with E-state index >= 15 is 0 Å². The zero-order valence-corrected chi connectivity index (χ0v) is 10.1. The lowest BCUT2D eigenvalue weighted by Crippen LogP contribution is -2.28. The van der Waals surface area contributed by atoms with Crippen molar-refractivity contribution in [2.45, 2.75) is 37.8 Å². The minimum absolute atomic E-state index is 0.122. The quantitative estimate of drug-likeness (QED) is 0.655. The van der Waals surface area contributed by atoms with Crippen molar-refractivity contribution in [1.29, 1.82) is 0 Å². The molecule has 0 radical (unpaired) electrons. The van der Waals surface area contributed by atoms with Crippen LogP contribution in [0, 0.1) is 21.7 Å². The number of benzene rings is 1. The predicted molar refractivity (Wildman–Crippen MR) is 64.9 cm³/mol. The molecule has 0 saturated heterocycles. The minimum atomic E-state index is -1.19. The number of halogens is 2. The first-order valence-corrected chi connectivity index (χ1v) is 6.05. The summed E-state index contributed by atoms with van der Waals surface area (Å²) in [7, 11) is 0. The van der Waals surface area contributed by atoms with E-state index in [1.807, 2.05) is 0 Å². The third kappa shape index (κ3) is 3.17. The molecule has 1 aliphatic rings. The Bertz CT molecular complexity index is 488. The van der Waals surface area contributed by atoms with Gasteiger partial charge in [-0.15, -0.1) is 0 Å². The summed E-state index contributed by atoms with van der Waals surface area (Å²) in [5.41, 5.74) is -0.892. The molecule has 1 aromatic carbocycles. The highest BCUT2D eigenvalue weighted by Gasteiger charge is 2.26. The van der Waals surface area contributed by atoms with Crippen LogP contribution in [0.1, 0.15) is 25.7 Å². The first-order chi connectivity index (χ1) is 8.97. The molecule has 0 bridgehead atoms. The Labute approximate surface area is 108 Å². The standard InChI is InChI=1S/C12H14F2N2O3/c13-7-5-10(14)12(16(18)19)11(6-7)15-8-1-3-9(17)4-2-8/h5-6,8-9,15,17H,1-4H2. The van der Waals surface area contributed by atoms with E-state index in [1.165, 1.54) is 0 Å². The van der Waals surface area contributed by atoms with Gasteiger partial charge in [0.25, 0.3) is 0 Å². The number of nitro groups is 1. The second-order valence-corrected chi connectivity index (χ2v) is 4.69. The van der Waals surface area contributed by atoms with Gasteiger partial charge in [0.2, 0.25) is 5.82 Å². The Morgan fingerprint density at radius 2 is 1.89 bits per heavy atom. The number of rotatable bonds is 3. The zero-order valence-electron chi connectivity index (χ0n) is 10.1. The molecule has 2 rings (SSSR count). The minimum Gasteiger partial charge on any atom is -0.393 e. The molecule has 0 unspecified atom stereocenters. The molecule has 1 aliphatic carbocycles. The zero-order chi connectivity index (χ0) is 14.0. The van der Waals surface area contributed by atoms with Crippen molar-refractivity contribution in [1.82, 2.24) is 0 Å². The first-order valence-electron chi connectivity index (χ1n) is 6.05. The fourth-order valence-electron chi connectivity index (χ4n) is 2.30. The summed E-state index contributed by atoms with van der Waals surface area (Å²) in [5.74, 6) is -2.05. The van der Waals surface area contributed by atoms with Gasteiger partial charge in [0.1, 0.15) is 11.5 Å².